The number of nitrogens with zero attached hydrogens (tertiary/aromatic N) is 1. The summed E-state index contributed by atoms with van der Waals surface area (Å²) in [5, 5.41) is 0. The fourth-order valence-corrected chi connectivity index (χ4v) is 3.05. The second-order valence-corrected chi connectivity index (χ2v) is 5.59. The third-order valence-corrected chi connectivity index (χ3v) is 4.28. The topological polar surface area (TPSA) is 28.7 Å². The van der Waals surface area contributed by atoms with Crippen molar-refractivity contribution in [1.82, 2.24) is 9.97 Å². The molecule has 1 heterocycles. The minimum absolute atomic E-state index is 0.656. The highest BCUT2D eigenvalue weighted by Gasteiger charge is 2.24. The van der Waals surface area contributed by atoms with E-state index in [1.807, 2.05) is 0 Å². The molecule has 1 aromatic rings. The van der Waals surface area contributed by atoms with Gasteiger partial charge in [-0.25, -0.2) is 4.98 Å². The van der Waals surface area contributed by atoms with E-state index >= 15 is 0 Å². The number of rotatable bonds is 2. The molecule has 2 fully saturated rings. The Balaban J connectivity index is 1.91. The third kappa shape index (κ3) is 1.93. The first kappa shape index (κ1) is 10.5. The summed E-state index contributed by atoms with van der Waals surface area (Å²) >= 11 is 5.28. The highest BCUT2D eigenvalue weighted by atomic mass is 32.1. The molecule has 0 radical (unpaired) electrons. The van der Waals surface area contributed by atoms with Gasteiger partial charge in [-0.05, 0) is 37.7 Å². The van der Waals surface area contributed by atoms with E-state index in [-0.39, 0.29) is 0 Å². The number of H-pyrrole nitrogens is 1. The van der Waals surface area contributed by atoms with E-state index in [4.69, 9.17) is 12.2 Å². The van der Waals surface area contributed by atoms with Crippen LogP contribution < -0.4 is 0 Å². The SMILES string of the molecule is S=c1cc(C2CCCC2)[nH]c(C2CCC2)n1. The van der Waals surface area contributed by atoms with Crippen molar-refractivity contribution >= 4 is 12.2 Å². The van der Waals surface area contributed by atoms with Gasteiger partial charge < -0.3 is 4.98 Å². The Morgan fingerprint density at radius 3 is 2.38 bits per heavy atom. The van der Waals surface area contributed by atoms with Gasteiger partial charge in [0.2, 0.25) is 0 Å². The molecule has 86 valence electrons. The molecule has 0 aromatic carbocycles. The second kappa shape index (κ2) is 4.28. The highest BCUT2D eigenvalue weighted by Crippen LogP contribution is 2.37. The van der Waals surface area contributed by atoms with Crippen LogP contribution in [0.15, 0.2) is 6.07 Å². The van der Waals surface area contributed by atoms with Crippen LogP contribution in [-0.4, -0.2) is 9.97 Å². The largest absolute Gasteiger partial charge is 0.347 e. The van der Waals surface area contributed by atoms with Crippen LogP contribution in [0.3, 0.4) is 0 Å². The summed E-state index contributed by atoms with van der Waals surface area (Å²) in [6, 6.07) is 2.08. The molecule has 0 aliphatic heterocycles. The van der Waals surface area contributed by atoms with Gasteiger partial charge in [0.1, 0.15) is 10.5 Å². The minimum atomic E-state index is 0.656. The van der Waals surface area contributed by atoms with Crippen LogP contribution in [-0.2, 0) is 0 Å². The lowest BCUT2D eigenvalue weighted by atomic mass is 9.84. The Morgan fingerprint density at radius 2 is 1.75 bits per heavy atom. The van der Waals surface area contributed by atoms with E-state index in [1.165, 1.54) is 50.6 Å². The highest BCUT2D eigenvalue weighted by molar-refractivity contribution is 7.71. The molecule has 0 saturated heterocycles. The van der Waals surface area contributed by atoms with E-state index in [1.54, 1.807) is 0 Å². The normalized spacial score (nSPS) is 22.2. The average molecular weight is 234 g/mol. The smallest absolute Gasteiger partial charge is 0.130 e. The lowest BCUT2D eigenvalue weighted by Gasteiger charge is -2.25. The zero-order valence-corrected chi connectivity index (χ0v) is 10.4. The molecule has 0 amide bonds. The van der Waals surface area contributed by atoms with Crippen LogP contribution in [0, 0.1) is 4.64 Å². The molecule has 0 unspecified atom stereocenters. The third-order valence-electron chi connectivity index (χ3n) is 4.07. The van der Waals surface area contributed by atoms with Crippen molar-refractivity contribution in [1.29, 1.82) is 0 Å². The molecule has 3 rings (SSSR count). The first-order valence-corrected chi connectivity index (χ1v) is 6.85. The van der Waals surface area contributed by atoms with Crippen LogP contribution in [0.4, 0.5) is 0 Å². The number of aromatic nitrogens is 2. The average Bonchev–Trinajstić information content (AvgIpc) is 2.66. The summed E-state index contributed by atoms with van der Waals surface area (Å²) in [4.78, 5) is 8.04. The van der Waals surface area contributed by atoms with Gasteiger partial charge in [0.05, 0.1) is 0 Å². The fourth-order valence-electron chi connectivity index (χ4n) is 2.83. The Bertz CT molecular complexity index is 428. The maximum atomic E-state index is 5.28. The van der Waals surface area contributed by atoms with E-state index < -0.39 is 0 Å². The maximum Gasteiger partial charge on any atom is 0.130 e. The van der Waals surface area contributed by atoms with Gasteiger partial charge in [0.15, 0.2) is 0 Å². The monoisotopic (exact) mass is 234 g/mol. The summed E-state index contributed by atoms with van der Waals surface area (Å²) in [7, 11) is 0. The zero-order valence-electron chi connectivity index (χ0n) is 9.54. The van der Waals surface area contributed by atoms with E-state index in [2.05, 4.69) is 16.0 Å². The first-order valence-electron chi connectivity index (χ1n) is 6.44. The predicted molar refractivity (Wildman–Crippen MR) is 67.2 cm³/mol. The molecular weight excluding hydrogens is 216 g/mol. The number of aromatic amines is 1. The molecular formula is C13H18N2S. The molecule has 0 spiro atoms. The van der Waals surface area contributed by atoms with Crippen molar-refractivity contribution in [3.05, 3.63) is 22.2 Å². The maximum absolute atomic E-state index is 5.28. The Kier molecular flexibility index (Phi) is 2.80. The Hall–Kier alpha value is -0.700. The standard InChI is InChI=1S/C13H18N2S/c16-12-8-11(9-4-1-2-5-9)14-13(15-12)10-6-3-7-10/h8-10H,1-7H2,(H,14,15,16). The van der Waals surface area contributed by atoms with Crippen LogP contribution in [0.1, 0.15) is 68.3 Å². The van der Waals surface area contributed by atoms with E-state index in [0.29, 0.717) is 11.8 Å². The summed E-state index contributed by atoms with van der Waals surface area (Å²) in [5.41, 5.74) is 1.35. The quantitative estimate of drug-likeness (QED) is 0.782. The predicted octanol–water partition coefficient (Wildman–Crippen LogP) is 4.06. The van der Waals surface area contributed by atoms with Crippen LogP contribution >= 0.6 is 12.2 Å². The number of hydrogen-bond acceptors (Lipinski definition) is 2. The van der Waals surface area contributed by atoms with Crippen molar-refractivity contribution in [3.63, 3.8) is 0 Å². The van der Waals surface area contributed by atoms with Crippen LogP contribution in [0.5, 0.6) is 0 Å². The van der Waals surface area contributed by atoms with Gasteiger partial charge in [-0.2, -0.15) is 0 Å². The molecule has 2 nitrogen and oxygen atoms in total. The summed E-state index contributed by atoms with van der Waals surface area (Å²) in [6.45, 7) is 0. The van der Waals surface area contributed by atoms with E-state index in [0.717, 1.165) is 10.5 Å². The van der Waals surface area contributed by atoms with Gasteiger partial charge in [0, 0.05) is 11.6 Å². The molecule has 1 N–H and O–H groups in total. The Labute approximate surface area is 102 Å². The van der Waals surface area contributed by atoms with E-state index in [9.17, 15) is 0 Å². The van der Waals surface area contributed by atoms with Gasteiger partial charge in [0.25, 0.3) is 0 Å². The molecule has 2 aliphatic rings. The molecule has 2 saturated carbocycles. The summed E-state index contributed by atoms with van der Waals surface area (Å²) in [5.74, 6) is 2.52. The zero-order chi connectivity index (χ0) is 11.0. The van der Waals surface area contributed by atoms with Gasteiger partial charge in [-0.3, -0.25) is 0 Å². The lowest BCUT2D eigenvalue weighted by Crippen LogP contribution is -2.14. The molecule has 16 heavy (non-hydrogen) atoms. The van der Waals surface area contributed by atoms with Crippen molar-refractivity contribution in [3.8, 4) is 0 Å². The molecule has 0 atom stereocenters. The van der Waals surface area contributed by atoms with Gasteiger partial charge in [-0.1, -0.05) is 31.5 Å². The second-order valence-electron chi connectivity index (χ2n) is 5.17. The minimum Gasteiger partial charge on any atom is -0.347 e. The number of nitrogens with one attached hydrogen (secondary N) is 1. The first-order chi connectivity index (χ1) is 7.83. The summed E-state index contributed by atoms with van der Waals surface area (Å²) in [6.07, 6.45) is 9.29. The molecule has 0 bridgehead atoms. The van der Waals surface area contributed by atoms with Crippen molar-refractivity contribution in [2.24, 2.45) is 0 Å². The number of hydrogen-bond donors (Lipinski definition) is 1. The fraction of sp³-hybridized carbons (Fsp3) is 0.692. The van der Waals surface area contributed by atoms with Crippen molar-refractivity contribution < 1.29 is 0 Å². The summed E-state index contributed by atoms with van der Waals surface area (Å²) < 4.78 is 0.780. The van der Waals surface area contributed by atoms with Crippen molar-refractivity contribution in [2.45, 2.75) is 56.8 Å². The van der Waals surface area contributed by atoms with Gasteiger partial charge >= 0.3 is 0 Å². The molecule has 3 heteroatoms. The van der Waals surface area contributed by atoms with Crippen LogP contribution in [0.2, 0.25) is 0 Å². The molecule has 2 aliphatic carbocycles. The lowest BCUT2D eigenvalue weighted by molar-refractivity contribution is 0.399. The van der Waals surface area contributed by atoms with Gasteiger partial charge in [-0.15, -0.1) is 0 Å². The Morgan fingerprint density at radius 1 is 1.06 bits per heavy atom. The van der Waals surface area contributed by atoms with Crippen LogP contribution in [0.25, 0.3) is 0 Å². The van der Waals surface area contributed by atoms with Crippen molar-refractivity contribution in [2.75, 3.05) is 0 Å². The molecule has 1 aromatic heterocycles.